The maximum absolute atomic E-state index is 2.33. The summed E-state index contributed by atoms with van der Waals surface area (Å²) >= 11 is 0. The fourth-order valence-corrected chi connectivity index (χ4v) is 2.79. The summed E-state index contributed by atoms with van der Waals surface area (Å²) in [6.07, 6.45) is 6.61. The van der Waals surface area contributed by atoms with Gasteiger partial charge in [-0.15, -0.1) is 0 Å². The lowest BCUT2D eigenvalue weighted by Gasteiger charge is -2.31. The van der Waals surface area contributed by atoms with Gasteiger partial charge in [0.1, 0.15) is 0 Å². The molecule has 0 saturated heterocycles. The average molecular weight is 226 g/mol. The summed E-state index contributed by atoms with van der Waals surface area (Å²) in [5.74, 6) is 0. The van der Waals surface area contributed by atoms with Crippen LogP contribution in [-0.4, -0.2) is 23.5 Å². The van der Waals surface area contributed by atoms with E-state index >= 15 is 0 Å². The fourth-order valence-electron chi connectivity index (χ4n) is 2.79. The highest BCUT2D eigenvalue weighted by Gasteiger charge is 2.36. The number of benzene rings is 1. The molecule has 2 aliphatic rings. The first kappa shape index (κ1) is 10.5. The molecule has 88 valence electrons. The highest BCUT2D eigenvalue weighted by molar-refractivity contribution is 5.68. The standard InChI is InChI=1S/C15H18N2/c1-15(2)13-7-5-4-6-12(13)10-14(15)17-9-8-16(3)11-17/h4-10H,11H2,1-3H3. The van der Waals surface area contributed by atoms with Gasteiger partial charge in [-0.2, -0.15) is 0 Å². The van der Waals surface area contributed by atoms with Crippen LogP contribution < -0.4 is 0 Å². The van der Waals surface area contributed by atoms with Gasteiger partial charge < -0.3 is 9.80 Å². The zero-order valence-corrected chi connectivity index (χ0v) is 10.6. The molecule has 0 radical (unpaired) electrons. The summed E-state index contributed by atoms with van der Waals surface area (Å²) in [5.41, 5.74) is 4.28. The van der Waals surface area contributed by atoms with E-state index in [1.54, 1.807) is 0 Å². The van der Waals surface area contributed by atoms with Crippen molar-refractivity contribution < 1.29 is 0 Å². The Morgan fingerprint density at radius 1 is 1.12 bits per heavy atom. The first-order valence-corrected chi connectivity index (χ1v) is 6.06. The van der Waals surface area contributed by atoms with Gasteiger partial charge in [0.05, 0.1) is 6.67 Å². The molecule has 0 aromatic heterocycles. The van der Waals surface area contributed by atoms with E-state index < -0.39 is 0 Å². The lowest BCUT2D eigenvalue weighted by atomic mass is 9.84. The van der Waals surface area contributed by atoms with Gasteiger partial charge in [-0.25, -0.2) is 0 Å². The van der Waals surface area contributed by atoms with Crippen molar-refractivity contribution in [3.05, 3.63) is 53.5 Å². The van der Waals surface area contributed by atoms with Gasteiger partial charge in [-0.3, -0.25) is 0 Å². The Morgan fingerprint density at radius 3 is 2.53 bits per heavy atom. The number of hydrogen-bond acceptors (Lipinski definition) is 2. The third-order valence-electron chi connectivity index (χ3n) is 3.75. The van der Waals surface area contributed by atoms with Crippen molar-refractivity contribution in [2.24, 2.45) is 0 Å². The number of nitrogens with zero attached hydrogens (tertiary/aromatic N) is 2. The molecule has 2 nitrogen and oxygen atoms in total. The molecule has 17 heavy (non-hydrogen) atoms. The van der Waals surface area contributed by atoms with Crippen LogP contribution in [0.4, 0.5) is 0 Å². The van der Waals surface area contributed by atoms with E-state index in [0.717, 1.165) is 6.67 Å². The molecule has 3 rings (SSSR count). The van der Waals surface area contributed by atoms with Crippen LogP contribution in [0.25, 0.3) is 6.08 Å². The second-order valence-corrected chi connectivity index (χ2v) is 5.41. The number of rotatable bonds is 1. The Hall–Kier alpha value is -1.70. The maximum Gasteiger partial charge on any atom is 0.0936 e. The lowest BCUT2D eigenvalue weighted by molar-refractivity contribution is 0.316. The molecule has 0 atom stereocenters. The van der Waals surface area contributed by atoms with Crippen LogP contribution in [0, 0.1) is 0 Å². The topological polar surface area (TPSA) is 6.48 Å². The molecule has 0 N–H and O–H groups in total. The molecular formula is C15H18N2. The number of fused-ring (bicyclic) bond motifs is 1. The first-order valence-electron chi connectivity index (χ1n) is 6.06. The van der Waals surface area contributed by atoms with Gasteiger partial charge in [0, 0.05) is 30.6 Å². The van der Waals surface area contributed by atoms with Crippen LogP contribution in [0.2, 0.25) is 0 Å². The molecule has 1 aliphatic heterocycles. The molecule has 2 heteroatoms. The molecule has 1 aliphatic carbocycles. The van der Waals surface area contributed by atoms with Gasteiger partial charge in [0.15, 0.2) is 0 Å². The van der Waals surface area contributed by atoms with Crippen molar-refractivity contribution in [3.63, 3.8) is 0 Å². The smallest absolute Gasteiger partial charge is 0.0936 e. The molecule has 0 amide bonds. The van der Waals surface area contributed by atoms with Gasteiger partial charge in [0.25, 0.3) is 0 Å². The van der Waals surface area contributed by atoms with Gasteiger partial charge in [-0.05, 0) is 17.2 Å². The molecule has 0 spiro atoms. The van der Waals surface area contributed by atoms with E-state index in [0.29, 0.717) is 0 Å². The Balaban J connectivity index is 2.02. The highest BCUT2D eigenvalue weighted by Crippen LogP contribution is 2.43. The highest BCUT2D eigenvalue weighted by atomic mass is 15.3. The summed E-state index contributed by atoms with van der Waals surface area (Å²) < 4.78 is 0. The third kappa shape index (κ3) is 1.47. The average Bonchev–Trinajstić information content (AvgIpc) is 2.82. The molecule has 0 saturated carbocycles. The maximum atomic E-state index is 2.33. The molecule has 0 fully saturated rings. The fraction of sp³-hybridized carbons (Fsp3) is 0.333. The van der Waals surface area contributed by atoms with Crippen LogP contribution in [-0.2, 0) is 5.41 Å². The monoisotopic (exact) mass is 226 g/mol. The normalized spacial score (nSPS) is 20.8. The minimum absolute atomic E-state index is 0.103. The second kappa shape index (κ2) is 3.39. The Bertz CT molecular complexity index is 511. The van der Waals surface area contributed by atoms with Crippen LogP contribution in [0.1, 0.15) is 25.0 Å². The predicted octanol–water partition coefficient (Wildman–Crippen LogP) is 2.99. The van der Waals surface area contributed by atoms with E-state index in [1.807, 2.05) is 0 Å². The van der Waals surface area contributed by atoms with Crippen molar-refractivity contribution in [2.75, 3.05) is 13.7 Å². The number of hydrogen-bond donors (Lipinski definition) is 0. The van der Waals surface area contributed by atoms with E-state index in [4.69, 9.17) is 0 Å². The summed E-state index contributed by atoms with van der Waals surface area (Å²) in [6.45, 7) is 5.55. The summed E-state index contributed by atoms with van der Waals surface area (Å²) in [6, 6.07) is 8.68. The largest absolute Gasteiger partial charge is 0.361 e. The third-order valence-corrected chi connectivity index (χ3v) is 3.75. The SMILES string of the molecule is CN1C=CN(C2=Cc3ccccc3C2(C)C)C1. The van der Waals surface area contributed by atoms with Gasteiger partial charge >= 0.3 is 0 Å². The van der Waals surface area contributed by atoms with Crippen LogP contribution in [0.15, 0.2) is 42.4 Å². The Morgan fingerprint density at radius 2 is 1.88 bits per heavy atom. The lowest BCUT2D eigenvalue weighted by Crippen LogP contribution is -2.30. The van der Waals surface area contributed by atoms with Gasteiger partial charge in [0.2, 0.25) is 0 Å². The number of allylic oxidation sites excluding steroid dienone is 1. The predicted molar refractivity (Wildman–Crippen MR) is 71.1 cm³/mol. The van der Waals surface area contributed by atoms with E-state index in [-0.39, 0.29) is 5.41 Å². The summed E-state index contributed by atoms with van der Waals surface area (Å²) in [7, 11) is 2.10. The van der Waals surface area contributed by atoms with Crippen LogP contribution in [0.3, 0.4) is 0 Å². The Labute approximate surface area is 103 Å². The van der Waals surface area contributed by atoms with Crippen molar-refractivity contribution in [3.8, 4) is 0 Å². The zero-order valence-electron chi connectivity index (χ0n) is 10.6. The molecule has 1 aromatic carbocycles. The van der Waals surface area contributed by atoms with Crippen molar-refractivity contribution in [1.82, 2.24) is 9.80 Å². The van der Waals surface area contributed by atoms with Crippen molar-refractivity contribution >= 4 is 6.08 Å². The van der Waals surface area contributed by atoms with E-state index in [2.05, 4.69) is 73.4 Å². The molecule has 1 heterocycles. The van der Waals surface area contributed by atoms with Crippen molar-refractivity contribution in [1.29, 1.82) is 0 Å². The van der Waals surface area contributed by atoms with Crippen LogP contribution in [0.5, 0.6) is 0 Å². The molecule has 0 bridgehead atoms. The van der Waals surface area contributed by atoms with Gasteiger partial charge in [-0.1, -0.05) is 38.1 Å². The second-order valence-electron chi connectivity index (χ2n) is 5.41. The minimum Gasteiger partial charge on any atom is -0.361 e. The van der Waals surface area contributed by atoms with Crippen LogP contribution >= 0.6 is 0 Å². The molecule has 1 aromatic rings. The Kier molecular flexibility index (Phi) is 2.09. The van der Waals surface area contributed by atoms with Crippen molar-refractivity contribution in [2.45, 2.75) is 19.3 Å². The minimum atomic E-state index is 0.103. The quantitative estimate of drug-likeness (QED) is 0.726. The molecular weight excluding hydrogens is 208 g/mol. The summed E-state index contributed by atoms with van der Waals surface area (Å²) in [5, 5.41) is 0. The van der Waals surface area contributed by atoms with E-state index in [9.17, 15) is 0 Å². The first-order chi connectivity index (χ1) is 8.09. The van der Waals surface area contributed by atoms with E-state index in [1.165, 1.54) is 16.8 Å². The zero-order chi connectivity index (χ0) is 12.0. The summed E-state index contributed by atoms with van der Waals surface area (Å²) in [4.78, 5) is 4.53. The molecule has 0 unspecified atom stereocenters.